The van der Waals surface area contributed by atoms with E-state index in [2.05, 4.69) is 32.6 Å². The Balaban J connectivity index is 2.43. The van der Waals surface area contributed by atoms with Crippen LogP contribution in [0.4, 0.5) is 0 Å². The molecule has 0 aromatic rings. The molecule has 90 valence electrons. The summed E-state index contributed by atoms with van der Waals surface area (Å²) in [6, 6.07) is 1.13. The molecule has 3 atom stereocenters. The van der Waals surface area contributed by atoms with Gasteiger partial charge >= 0.3 is 0 Å². The SMILES string of the molecule is CCC(C)C(N)CN1CCCC1C(C)C. The zero-order chi connectivity index (χ0) is 11.4. The van der Waals surface area contributed by atoms with Crippen LogP contribution in [0, 0.1) is 11.8 Å². The van der Waals surface area contributed by atoms with Crippen LogP contribution in [0.1, 0.15) is 47.0 Å². The Morgan fingerprint density at radius 3 is 2.53 bits per heavy atom. The number of rotatable bonds is 5. The Hall–Kier alpha value is -0.0800. The highest BCUT2D eigenvalue weighted by atomic mass is 15.2. The molecule has 2 N–H and O–H groups in total. The molecule has 2 heteroatoms. The topological polar surface area (TPSA) is 29.3 Å². The van der Waals surface area contributed by atoms with E-state index in [1.54, 1.807) is 0 Å². The van der Waals surface area contributed by atoms with Gasteiger partial charge in [0.15, 0.2) is 0 Å². The summed E-state index contributed by atoms with van der Waals surface area (Å²) in [6.07, 6.45) is 3.92. The first kappa shape index (κ1) is 13.0. The van der Waals surface area contributed by atoms with Crippen LogP contribution in [0.25, 0.3) is 0 Å². The summed E-state index contributed by atoms with van der Waals surface area (Å²) in [5.41, 5.74) is 6.23. The molecule has 1 heterocycles. The molecule has 0 amide bonds. The maximum Gasteiger partial charge on any atom is 0.0193 e. The van der Waals surface area contributed by atoms with Crippen LogP contribution in [0.15, 0.2) is 0 Å². The van der Waals surface area contributed by atoms with Crippen molar-refractivity contribution in [2.45, 2.75) is 59.0 Å². The summed E-state index contributed by atoms with van der Waals surface area (Å²) in [5, 5.41) is 0. The van der Waals surface area contributed by atoms with E-state index < -0.39 is 0 Å². The molecule has 3 unspecified atom stereocenters. The van der Waals surface area contributed by atoms with Crippen molar-refractivity contribution >= 4 is 0 Å². The molecule has 1 fully saturated rings. The first-order valence-corrected chi connectivity index (χ1v) is 6.55. The Labute approximate surface area is 95.2 Å². The highest BCUT2D eigenvalue weighted by Gasteiger charge is 2.28. The highest BCUT2D eigenvalue weighted by molar-refractivity contribution is 4.84. The number of likely N-dealkylation sites (tertiary alicyclic amines) is 1. The summed E-state index contributed by atoms with van der Waals surface area (Å²) in [7, 11) is 0. The van der Waals surface area contributed by atoms with Crippen LogP contribution < -0.4 is 5.73 Å². The molecule has 1 saturated heterocycles. The molecule has 0 aromatic heterocycles. The van der Waals surface area contributed by atoms with E-state index in [4.69, 9.17) is 5.73 Å². The van der Waals surface area contributed by atoms with Gasteiger partial charge in [-0.15, -0.1) is 0 Å². The molecule has 1 rings (SSSR count). The van der Waals surface area contributed by atoms with E-state index in [0.717, 1.165) is 18.5 Å². The lowest BCUT2D eigenvalue weighted by Gasteiger charge is -2.31. The summed E-state index contributed by atoms with van der Waals surface area (Å²) in [5.74, 6) is 1.43. The van der Waals surface area contributed by atoms with Gasteiger partial charge in [-0.2, -0.15) is 0 Å². The van der Waals surface area contributed by atoms with Crippen molar-refractivity contribution in [1.82, 2.24) is 4.90 Å². The lowest BCUT2D eigenvalue weighted by atomic mass is 9.97. The molecule has 0 aromatic carbocycles. The van der Waals surface area contributed by atoms with Crippen LogP contribution in [-0.4, -0.2) is 30.1 Å². The number of nitrogens with two attached hydrogens (primary N) is 1. The largest absolute Gasteiger partial charge is 0.326 e. The van der Waals surface area contributed by atoms with Crippen LogP contribution in [0.3, 0.4) is 0 Å². The van der Waals surface area contributed by atoms with Crippen LogP contribution in [-0.2, 0) is 0 Å². The molecular formula is C13H28N2. The van der Waals surface area contributed by atoms with Crippen molar-refractivity contribution in [2.75, 3.05) is 13.1 Å². The van der Waals surface area contributed by atoms with Gasteiger partial charge in [-0.3, -0.25) is 4.90 Å². The zero-order valence-electron chi connectivity index (χ0n) is 10.9. The number of hydrogen-bond donors (Lipinski definition) is 1. The van der Waals surface area contributed by atoms with Crippen molar-refractivity contribution < 1.29 is 0 Å². The first-order chi connectivity index (χ1) is 7.06. The fourth-order valence-electron chi connectivity index (χ4n) is 2.59. The summed E-state index contributed by atoms with van der Waals surface area (Å²) < 4.78 is 0. The van der Waals surface area contributed by atoms with Gasteiger partial charge in [-0.05, 0) is 31.2 Å². The third kappa shape index (κ3) is 3.46. The summed E-state index contributed by atoms with van der Waals surface area (Å²) in [4.78, 5) is 2.61. The minimum Gasteiger partial charge on any atom is -0.326 e. The molecular weight excluding hydrogens is 184 g/mol. The van der Waals surface area contributed by atoms with Crippen molar-refractivity contribution in [3.8, 4) is 0 Å². The van der Waals surface area contributed by atoms with Gasteiger partial charge in [0.05, 0.1) is 0 Å². The third-order valence-electron chi connectivity index (χ3n) is 4.00. The Kier molecular flexibility index (Phi) is 5.07. The predicted molar refractivity (Wildman–Crippen MR) is 66.9 cm³/mol. The molecule has 0 saturated carbocycles. The molecule has 0 spiro atoms. The standard InChI is InChI=1S/C13H28N2/c1-5-11(4)12(14)9-15-8-6-7-13(15)10(2)3/h10-13H,5-9,14H2,1-4H3. The predicted octanol–water partition coefficient (Wildman–Crippen LogP) is 2.48. The quantitative estimate of drug-likeness (QED) is 0.758. The lowest BCUT2D eigenvalue weighted by molar-refractivity contribution is 0.180. The maximum atomic E-state index is 6.23. The molecule has 1 aliphatic heterocycles. The normalized spacial score (nSPS) is 27.2. The zero-order valence-corrected chi connectivity index (χ0v) is 10.9. The van der Waals surface area contributed by atoms with Gasteiger partial charge in [-0.25, -0.2) is 0 Å². The van der Waals surface area contributed by atoms with Crippen molar-refractivity contribution in [3.05, 3.63) is 0 Å². The lowest BCUT2D eigenvalue weighted by Crippen LogP contribution is -2.44. The van der Waals surface area contributed by atoms with E-state index >= 15 is 0 Å². The molecule has 0 bridgehead atoms. The van der Waals surface area contributed by atoms with Gasteiger partial charge in [-0.1, -0.05) is 34.1 Å². The van der Waals surface area contributed by atoms with E-state index in [-0.39, 0.29) is 0 Å². The monoisotopic (exact) mass is 212 g/mol. The minimum atomic E-state index is 0.356. The second kappa shape index (κ2) is 5.86. The van der Waals surface area contributed by atoms with Crippen LogP contribution in [0.2, 0.25) is 0 Å². The minimum absolute atomic E-state index is 0.356. The Bertz CT molecular complexity index is 179. The average Bonchev–Trinajstić information content (AvgIpc) is 2.64. The first-order valence-electron chi connectivity index (χ1n) is 6.55. The highest BCUT2D eigenvalue weighted by Crippen LogP contribution is 2.24. The second-order valence-corrected chi connectivity index (χ2v) is 5.50. The second-order valence-electron chi connectivity index (χ2n) is 5.50. The van der Waals surface area contributed by atoms with Crippen LogP contribution >= 0.6 is 0 Å². The van der Waals surface area contributed by atoms with E-state index in [9.17, 15) is 0 Å². The van der Waals surface area contributed by atoms with Gasteiger partial charge < -0.3 is 5.73 Å². The fourth-order valence-corrected chi connectivity index (χ4v) is 2.59. The summed E-state index contributed by atoms with van der Waals surface area (Å²) in [6.45, 7) is 11.5. The van der Waals surface area contributed by atoms with E-state index in [0.29, 0.717) is 12.0 Å². The molecule has 1 aliphatic rings. The number of hydrogen-bond acceptors (Lipinski definition) is 2. The number of nitrogens with zero attached hydrogens (tertiary/aromatic N) is 1. The van der Waals surface area contributed by atoms with E-state index in [1.807, 2.05) is 0 Å². The fraction of sp³-hybridized carbons (Fsp3) is 1.00. The van der Waals surface area contributed by atoms with Crippen molar-refractivity contribution in [2.24, 2.45) is 17.6 Å². The van der Waals surface area contributed by atoms with Crippen molar-refractivity contribution in [3.63, 3.8) is 0 Å². The van der Waals surface area contributed by atoms with Crippen LogP contribution in [0.5, 0.6) is 0 Å². The van der Waals surface area contributed by atoms with Gasteiger partial charge in [0.2, 0.25) is 0 Å². The Morgan fingerprint density at radius 2 is 2.00 bits per heavy atom. The summed E-state index contributed by atoms with van der Waals surface area (Å²) >= 11 is 0. The molecule has 0 radical (unpaired) electrons. The van der Waals surface area contributed by atoms with E-state index in [1.165, 1.54) is 25.8 Å². The average molecular weight is 212 g/mol. The molecule has 15 heavy (non-hydrogen) atoms. The smallest absolute Gasteiger partial charge is 0.0193 e. The van der Waals surface area contributed by atoms with Gasteiger partial charge in [0, 0.05) is 18.6 Å². The molecule has 2 nitrogen and oxygen atoms in total. The van der Waals surface area contributed by atoms with Gasteiger partial charge in [0.1, 0.15) is 0 Å². The Morgan fingerprint density at radius 1 is 1.33 bits per heavy atom. The maximum absolute atomic E-state index is 6.23. The third-order valence-corrected chi connectivity index (χ3v) is 4.00. The molecule has 0 aliphatic carbocycles. The van der Waals surface area contributed by atoms with Gasteiger partial charge in [0.25, 0.3) is 0 Å². The van der Waals surface area contributed by atoms with Crippen molar-refractivity contribution in [1.29, 1.82) is 0 Å².